The monoisotopic (exact) mass is 353 g/mol. The lowest BCUT2D eigenvalue weighted by Gasteiger charge is -2.58. The number of alkyl halides is 3. The molecule has 1 saturated carbocycles. The Hall–Kier alpha value is -2.38. The molecule has 1 aromatic carbocycles. The van der Waals surface area contributed by atoms with Gasteiger partial charge in [-0.1, -0.05) is 12.1 Å². The molecular weight excluding hydrogens is 338 g/mol. The van der Waals surface area contributed by atoms with Crippen LogP contribution in [0.1, 0.15) is 24.4 Å². The lowest BCUT2D eigenvalue weighted by molar-refractivity contribution is -0.141. The van der Waals surface area contributed by atoms with Crippen LogP contribution in [0.4, 0.5) is 17.6 Å². The second-order valence-corrected chi connectivity index (χ2v) is 6.90. The third kappa shape index (κ3) is 2.51. The quantitative estimate of drug-likeness (QED) is 0.626. The molecule has 1 aromatic heterocycles. The van der Waals surface area contributed by atoms with Crippen LogP contribution >= 0.6 is 0 Å². The van der Waals surface area contributed by atoms with Crippen molar-refractivity contribution in [1.82, 2.24) is 14.7 Å². The SMILES string of the molecule is O=CN1CC2(CC(n3ncc(C(F)(F)F)c3-c3ccccc3F)C2)C1. The fraction of sp³-hybridized carbons (Fsp3) is 0.412. The predicted molar refractivity (Wildman–Crippen MR) is 81.0 cm³/mol. The van der Waals surface area contributed by atoms with E-state index < -0.39 is 17.6 Å². The minimum absolute atomic E-state index is 0.0254. The molecule has 1 amide bonds. The summed E-state index contributed by atoms with van der Waals surface area (Å²) in [7, 11) is 0. The van der Waals surface area contributed by atoms with Gasteiger partial charge in [0.2, 0.25) is 6.41 Å². The Labute approximate surface area is 141 Å². The van der Waals surface area contributed by atoms with Crippen molar-refractivity contribution in [3.63, 3.8) is 0 Å². The van der Waals surface area contributed by atoms with Gasteiger partial charge in [0.25, 0.3) is 0 Å². The number of halogens is 4. The highest BCUT2D eigenvalue weighted by atomic mass is 19.4. The number of nitrogens with zero attached hydrogens (tertiary/aromatic N) is 3. The molecule has 1 spiro atoms. The second kappa shape index (κ2) is 5.31. The summed E-state index contributed by atoms with van der Waals surface area (Å²) in [5.74, 6) is -0.709. The molecule has 0 unspecified atom stereocenters. The fourth-order valence-corrected chi connectivity index (χ4v) is 4.03. The number of carbonyl (C=O) groups is 1. The van der Waals surface area contributed by atoms with Crippen molar-refractivity contribution < 1.29 is 22.4 Å². The fourth-order valence-electron chi connectivity index (χ4n) is 4.03. The third-order valence-electron chi connectivity index (χ3n) is 5.14. The van der Waals surface area contributed by atoms with Crippen molar-refractivity contribution in [3.8, 4) is 11.3 Å². The Morgan fingerprint density at radius 1 is 1.20 bits per heavy atom. The van der Waals surface area contributed by atoms with E-state index in [4.69, 9.17) is 0 Å². The van der Waals surface area contributed by atoms with Crippen LogP contribution < -0.4 is 0 Å². The van der Waals surface area contributed by atoms with Gasteiger partial charge in [0.1, 0.15) is 11.4 Å². The molecule has 2 aliphatic rings. The van der Waals surface area contributed by atoms with Crippen LogP contribution in [0.25, 0.3) is 11.3 Å². The Morgan fingerprint density at radius 3 is 2.48 bits per heavy atom. The smallest absolute Gasteiger partial charge is 0.344 e. The van der Waals surface area contributed by atoms with Crippen LogP contribution in [-0.4, -0.2) is 34.2 Å². The maximum absolute atomic E-state index is 14.2. The second-order valence-electron chi connectivity index (χ2n) is 6.90. The molecule has 4 rings (SSSR count). The van der Waals surface area contributed by atoms with Gasteiger partial charge in [0.05, 0.1) is 17.9 Å². The Bertz CT molecular complexity index is 816. The summed E-state index contributed by atoms with van der Waals surface area (Å²) in [6, 6.07) is 5.20. The van der Waals surface area contributed by atoms with Crippen molar-refractivity contribution in [3.05, 3.63) is 41.8 Å². The zero-order valence-corrected chi connectivity index (χ0v) is 13.1. The number of benzene rings is 1. The maximum atomic E-state index is 14.2. The highest BCUT2D eigenvalue weighted by Gasteiger charge is 2.54. The summed E-state index contributed by atoms with van der Waals surface area (Å²) in [5.41, 5.74) is -1.28. The van der Waals surface area contributed by atoms with Gasteiger partial charge in [0.15, 0.2) is 0 Å². The van der Waals surface area contributed by atoms with Crippen molar-refractivity contribution in [2.75, 3.05) is 13.1 Å². The maximum Gasteiger partial charge on any atom is 0.420 e. The Kier molecular flexibility index (Phi) is 3.42. The number of carbonyl (C=O) groups excluding carboxylic acids is 1. The minimum atomic E-state index is -4.61. The van der Waals surface area contributed by atoms with Gasteiger partial charge in [-0.25, -0.2) is 4.39 Å². The van der Waals surface area contributed by atoms with E-state index in [1.54, 1.807) is 4.90 Å². The van der Waals surface area contributed by atoms with Gasteiger partial charge in [-0.2, -0.15) is 18.3 Å². The van der Waals surface area contributed by atoms with Gasteiger partial charge in [-0.05, 0) is 25.0 Å². The molecule has 0 N–H and O–H groups in total. The Morgan fingerprint density at radius 2 is 1.88 bits per heavy atom. The highest BCUT2D eigenvalue weighted by molar-refractivity contribution is 5.65. The molecule has 1 aliphatic carbocycles. The first kappa shape index (κ1) is 16.1. The minimum Gasteiger partial charge on any atom is -0.344 e. The number of likely N-dealkylation sites (tertiary alicyclic amines) is 1. The molecule has 0 bridgehead atoms. The average Bonchev–Trinajstić information content (AvgIpc) is 2.90. The van der Waals surface area contributed by atoms with E-state index in [1.807, 2.05) is 0 Å². The molecule has 8 heteroatoms. The van der Waals surface area contributed by atoms with Crippen LogP contribution in [0.15, 0.2) is 30.5 Å². The molecule has 2 fully saturated rings. The third-order valence-corrected chi connectivity index (χ3v) is 5.14. The van der Waals surface area contributed by atoms with Crippen LogP contribution in [0.3, 0.4) is 0 Å². The van der Waals surface area contributed by atoms with E-state index in [2.05, 4.69) is 5.10 Å². The molecule has 25 heavy (non-hydrogen) atoms. The molecule has 2 aromatic rings. The molecule has 1 saturated heterocycles. The molecule has 1 aliphatic heterocycles. The van der Waals surface area contributed by atoms with Crippen molar-refractivity contribution >= 4 is 6.41 Å². The van der Waals surface area contributed by atoms with Gasteiger partial charge < -0.3 is 4.90 Å². The Balaban J connectivity index is 1.69. The van der Waals surface area contributed by atoms with E-state index in [9.17, 15) is 22.4 Å². The van der Waals surface area contributed by atoms with E-state index in [1.165, 1.54) is 22.9 Å². The predicted octanol–water partition coefficient (Wildman–Crippen LogP) is 3.50. The van der Waals surface area contributed by atoms with Crippen molar-refractivity contribution in [2.24, 2.45) is 5.41 Å². The van der Waals surface area contributed by atoms with Crippen LogP contribution in [0.2, 0.25) is 0 Å². The van der Waals surface area contributed by atoms with E-state index in [0.717, 1.165) is 18.7 Å². The van der Waals surface area contributed by atoms with Gasteiger partial charge in [0, 0.05) is 24.1 Å². The summed E-state index contributed by atoms with van der Waals surface area (Å²) in [5, 5.41) is 3.93. The van der Waals surface area contributed by atoms with Crippen LogP contribution in [0, 0.1) is 11.2 Å². The first-order valence-electron chi connectivity index (χ1n) is 7.92. The van der Waals surface area contributed by atoms with Crippen LogP contribution in [-0.2, 0) is 11.0 Å². The molecule has 0 atom stereocenters. The lowest BCUT2D eigenvalue weighted by Crippen LogP contribution is -2.61. The molecular formula is C17H15F4N3O. The number of hydrogen-bond acceptors (Lipinski definition) is 2. The topological polar surface area (TPSA) is 38.1 Å². The molecule has 2 heterocycles. The molecule has 132 valence electrons. The summed E-state index contributed by atoms with van der Waals surface area (Å²) in [6.45, 7) is 1.24. The lowest BCUT2D eigenvalue weighted by atomic mass is 9.61. The molecule has 4 nitrogen and oxygen atoms in total. The van der Waals surface area contributed by atoms with Gasteiger partial charge >= 0.3 is 6.18 Å². The zero-order valence-electron chi connectivity index (χ0n) is 13.1. The zero-order chi connectivity index (χ0) is 17.8. The normalized spacial score (nSPS) is 19.6. The average molecular weight is 353 g/mol. The van der Waals surface area contributed by atoms with E-state index >= 15 is 0 Å². The van der Waals surface area contributed by atoms with Gasteiger partial charge in [-0.3, -0.25) is 9.48 Å². The highest BCUT2D eigenvalue weighted by Crippen LogP contribution is 2.55. The summed E-state index contributed by atoms with van der Waals surface area (Å²) in [6.07, 6.45) is -1.79. The van der Waals surface area contributed by atoms with Crippen molar-refractivity contribution in [2.45, 2.75) is 25.1 Å². The van der Waals surface area contributed by atoms with Crippen molar-refractivity contribution in [1.29, 1.82) is 0 Å². The summed E-state index contributed by atoms with van der Waals surface area (Å²) < 4.78 is 55.6. The first-order chi connectivity index (χ1) is 11.8. The van der Waals surface area contributed by atoms with E-state index in [-0.39, 0.29) is 22.7 Å². The van der Waals surface area contributed by atoms with Crippen LogP contribution in [0.5, 0.6) is 0 Å². The summed E-state index contributed by atoms with van der Waals surface area (Å²) in [4.78, 5) is 12.3. The number of amides is 1. The first-order valence-corrected chi connectivity index (χ1v) is 7.92. The van der Waals surface area contributed by atoms with Gasteiger partial charge in [-0.15, -0.1) is 0 Å². The summed E-state index contributed by atoms with van der Waals surface area (Å²) >= 11 is 0. The number of rotatable bonds is 3. The standard InChI is InChI=1S/C17H15F4N3O/c18-14-4-2-1-3-12(14)15-13(17(19,20)21)7-22-24(15)11-5-16(6-11)8-23(9-16)10-25/h1-4,7,10-11H,5-6,8-9H2. The number of hydrogen-bond donors (Lipinski definition) is 0. The van der Waals surface area contributed by atoms with E-state index in [0.29, 0.717) is 25.9 Å². The molecule has 0 radical (unpaired) electrons. The number of aromatic nitrogens is 2. The largest absolute Gasteiger partial charge is 0.420 e.